The van der Waals surface area contributed by atoms with Crippen molar-refractivity contribution in [2.45, 2.75) is 19.8 Å². The van der Waals surface area contributed by atoms with Gasteiger partial charge in [0.25, 0.3) is 0 Å². The zero-order valence-corrected chi connectivity index (χ0v) is 11.0. The number of nitrogens with zero attached hydrogens (tertiary/aromatic N) is 2. The highest BCUT2D eigenvalue weighted by atomic mass is 16.4. The molecule has 1 heterocycles. The van der Waals surface area contributed by atoms with Crippen molar-refractivity contribution in [1.29, 1.82) is 0 Å². The van der Waals surface area contributed by atoms with Crippen molar-refractivity contribution in [3.05, 3.63) is 24.5 Å². The standard InChI is InChI=1S/C13H18N2O3/c1-10(9-13(17)18)8-12(16)15-6-4-11(5-7-15)14(2)3/h4-7,10H,8-9H2,1-3H3/p+1/t10-/m0/s1. The quantitative estimate of drug-likeness (QED) is 0.798. The SMILES string of the molecule is C[C@H](CC(=O)O)CC(=O)[n+]1ccc(N(C)C)cc1. The fourth-order valence-corrected chi connectivity index (χ4v) is 1.66. The Labute approximate surface area is 107 Å². The van der Waals surface area contributed by atoms with Crippen LogP contribution in [0, 0.1) is 5.92 Å². The molecule has 0 aliphatic heterocycles. The van der Waals surface area contributed by atoms with Crippen molar-refractivity contribution in [2.24, 2.45) is 5.92 Å². The summed E-state index contributed by atoms with van der Waals surface area (Å²) < 4.78 is 1.49. The van der Waals surface area contributed by atoms with Crippen molar-refractivity contribution in [1.82, 2.24) is 0 Å². The summed E-state index contributed by atoms with van der Waals surface area (Å²) in [6.07, 6.45) is 3.65. The van der Waals surface area contributed by atoms with Gasteiger partial charge in [-0.3, -0.25) is 4.79 Å². The summed E-state index contributed by atoms with van der Waals surface area (Å²) in [6.45, 7) is 1.76. The highest BCUT2D eigenvalue weighted by Gasteiger charge is 2.19. The van der Waals surface area contributed by atoms with Gasteiger partial charge in [0.2, 0.25) is 0 Å². The molecule has 0 unspecified atom stereocenters. The van der Waals surface area contributed by atoms with E-state index in [2.05, 4.69) is 0 Å². The Kier molecular flexibility index (Phi) is 4.83. The normalized spacial score (nSPS) is 11.9. The van der Waals surface area contributed by atoms with Gasteiger partial charge in [0.05, 0.1) is 6.42 Å². The summed E-state index contributed by atoms with van der Waals surface area (Å²) >= 11 is 0. The molecule has 0 bridgehead atoms. The Hall–Kier alpha value is -1.91. The summed E-state index contributed by atoms with van der Waals surface area (Å²) in [5, 5.41) is 8.64. The summed E-state index contributed by atoms with van der Waals surface area (Å²) in [7, 11) is 3.85. The zero-order chi connectivity index (χ0) is 13.7. The molecule has 0 spiro atoms. The number of carbonyl (C=O) groups excluding carboxylic acids is 1. The van der Waals surface area contributed by atoms with E-state index in [1.807, 2.05) is 31.1 Å². The minimum atomic E-state index is -0.872. The first-order chi connectivity index (χ1) is 8.40. The van der Waals surface area contributed by atoms with Crippen LogP contribution in [0.15, 0.2) is 24.5 Å². The second-order valence-electron chi connectivity index (χ2n) is 4.66. The molecule has 1 atom stereocenters. The minimum Gasteiger partial charge on any atom is -0.481 e. The predicted molar refractivity (Wildman–Crippen MR) is 67.6 cm³/mol. The van der Waals surface area contributed by atoms with Crippen LogP contribution in [0.3, 0.4) is 0 Å². The van der Waals surface area contributed by atoms with Crippen molar-refractivity contribution in [2.75, 3.05) is 19.0 Å². The lowest BCUT2D eigenvalue weighted by Gasteiger charge is -2.10. The average molecular weight is 251 g/mol. The number of aliphatic carboxylic acids is 1. The molecule has 0 amide bonds. The van der Waals surface area contributed by atoms with Crippen molar-refractivity contribution in [3.63, 3.8) is 0 Å². The van der Waals surface area contributed by atoms with Crippen LogP contribution < -0.4 is 9.47 Å². The second-order valence-corrected chi connectivity index (χ2v) is 4.66. The largest absolute Gasteiger partial charge is 0.481 e. The van der Waals surface area contributed by atoms with Gasteiger partial charge in [-0.15, -0.1) is 4.57 Å². The first kappa shape index (κ1) is 14.2. The maximum Gasteiger partial charge on any atom is 0.392 e. The predicted octanol–water partition coefficient (Wildman–Crippen LogP) is 1.18. The summed E-state index contributed by atoms with van der Waals surface area (Å²) in [5.41, 5.74) is 1.01. The van der Waals surface area contributed by atoms with Gasteiger partial charge in [-0.25, -0.2) is 4.79 Å². The van der Waals surface area contributed by atoms with Crippen molar-refractivity contribution < 1.29 is 19.3 Å². The van der Waals surface area contributed by atoms with Gasteiger partial charge in [0, 0.05) is 38.3 Å². The molecule has 0 aliphatic rings. The van der Waals surface area contributed by atoms with E-state index in [0.717, 1.165) is 5.69 Å². The van der Waals surface area contributed by atoms with Gasteiger partial charge < -0.3 is 10.0 Å². The number of rotatable bonds is 5. The highest BCUT2D eigenvalue weighted by molar-refractivity contribution is 5.70. The van der Waals surface area contributed by atoms with Crippen LogP contribution in [0.5, 0.6) is 0 Å². The van der Waals surface area contributed by atoms with Crippen LogP contribution in [0.1, 0.15) is 24.6 Å². The number of hydrogen-bond donors (Lipinski definition) is 1. The van der Waals surface area contributed by atoms with E-state index < -0.39 is 5.97 Å². The Bertz CT molecular complexity index is 426. The molecule has 98 valence electrons. The smallest absolute Gasteiger partial charge is 0.392 e. The Morgan fingerprint density at radius 2 is 1.83 bits per heavy atom. The third-order valence-corrected chi connectivity index (χ3v) is 2.66. The van der Waals surface area contributed by atoms with Gasteiger partial charge in [-0.2, -0.15) is 0 Å². The number of carbonyl (C=O) groups is 2. The molecule has 0 saturated carbocycles. The van der Waals surface area contributed by atoms with Crippen LogP contribution in [-0.2, 0) is 4.79 Å². The topological polar surface area (TPSA) is 61.5 Å². The fourth-order valence-electron chi connectivity index (χ4n) is 1.66. The molecular formula is C13H19N2O3+. The molecule has 1 aromatic rings. The van der Waals surface area contributed by atoms with Crippen molar-refractivity contribution in [3.8, 4) is 0 Å². The molecule has 5 heteroatoms. The van der Waals surface area contributed by atoms with E-state index in [-0.39, 0.29) is 24.7 Å². The summed E-state index contributed by atoms with van der Waals surface area (Å²) in [5.74, 6) is -1.12. The van der Waals surface area contributed by atoms with E-state index in [4.69, 9.17) is 5.11 Å². The highest BCUT2D eigenvalue weighted by Crippen LogP contribution is 2.09. The molecule has 0 saturated heterocycles. The number of hydrogen-bond acceptors (Lipinski definition) is 3. The molecule has 0 aliphatic carbocycles. The molecule has 0 aromatic carbocycles. The summed E-state index contributed by atoms with van der Waals surface area (Å²) in [4.78, 5) is 24.3. The minimum absolute atomic E-state index is 0.0160. The lowest BCUT2D eigenvalue weighted by atomic mass is 10.0. The third kappa shape index (κ3) is 4.16. The van der Waals surface area contributed by atoms with Gasteiger partial charge in [-0.05, 0) is 5.92 Å². The molecule has 1 N–H and O–H groups in total. The molecule has 0 fully saturated rings. The maximum atomic E-state index is 11.9. The first-order valence-electron chi connectivity index (χ1n) is 5.83. The molecule has 5 nitrogen and oxygen atoms in total. The number of aromatic nitrogens is 1. The third-order valence-electron chi connectivity index (χ3n) is 2.66. The van der Waals surface area contributed by atoms with Crippen LogP contribution in [-0.4, -0.2) is 31.1 Å². The Morgan fingerprint density at radius 1 is 1.28 bits per heavy atom. The van der Waals surface area contributed by atoms with Crippen LogP contribution in [0.2, 0.25) is 0 Å². The van der Waals surface area contributed by atoms with E-state index in [1.165, 1.54) is 4.57 Å². The molecule has 0 radical (unpaired) electrons. The van der Waals surface area contributed by atoms with Gasteiger partial charge in [0.1, 0.15) is 0 Å². The average Bonchev–Trinajstić information content (AvgIpc) is 2.27. The number of carboxylic acids is 1. The van der Waals surface area contributed by atoms with E-state index in [1.54, 1.807) is 19.3 Å². The molecule has 1 aromatic heterocycles. The van der Waals surface area contributed by atoms with E-state index in [0.29, 0.717) is 0 Å². The van der Waals surface area contributed by atoms with Crippen LogP contribution in [0.25, 0.3) is 0 Å². The first-order valence-corrected chi connectivity index (χ1v) is 5.83. The monoisotopic (exact) mass is 251 g/mol. The number of anilines is 1. The second kappa shape index (κ2) is 6.14. The van der Waals surface area contributed by atoms with Gasteiger partial charge in [-0.1, -0.05) is 6.92 Å². The summed E-state index contributed by atoms with van der Waals surface area (Å²) in [6, 6.07) is 3.69. The maximum absolute atomic E-state index is 11.9. The van der Waals surface area contributed by atoms with Gasteiger partial charge >= 0.3 is 11.9 Å². The van der Waals surface area contributed by atoms with Gasteiger partial charge in [0.15, 0.2) is 12.4 Å². The number of pyridine rings is 1. The van der Waals surface area contributed by atoms with Crippen LogP contribution in [0.4, 0.5) is 5.69 Å². The van der Waals surface area contributed by atoms with Crippen molar-refractivity contribution >= 4 is 17.6 Å². The fraction of sp³-hybridized carbons (Fsp3) is 0.462. The van der Waals surface area contributed by atoms with E-state index >= 15 is 0 Å². The zero-order valence-electron chi connectivity index (χ0n) is 11.0. The molecule has 1 rings (SSSR count). The lowest BCUT2D eigenvalue weighted by Crippen LogP contribution is -2.42. The molecular weight excluding hydrogens is 232 g/mol. The Morgan fingerprint density at radius 3 is 2.28 bits per heavy atom. The van der Waals surface area contributed by atoms with E-state index in [9.17, 15) is 9.59 Å². The molecule has 18 heavy (non-hydrogen) atoms. The lowest BCUT2D eigenvalue weighted by molar-refractivity contribution is -0.574. The van der Waals surface area contributed by atoms with Crippen LogP contribution >= 0.6 is 0 Å². The number of carboxylic acid groups (broad SMARTS) is 1. The Balaban J connectivity index is 2.64.